The molecule has 7 nitrogen and oxygen atoms in total. The number of nitrogens with one attached hydrogen (secondary N) is 1. The van der Waals surface area contributed by atoms with Crippen LogP contribution in [0.3, 0.4) is 0 Å². The summed E-state index contributed by atoms with van der Waals surface area (Å²) in [5.74, 6) is 0.238. The molecule has 1 saturated carbocycles. The standard InChI is InChI=1S/C26H31N3O4/c30-24(22-12-7-13-22)28-14-16-29(17-15-28)25(31)23(18-20-8-3-1-4-9-20)27-26(32)33-19-21-10-5-2-6-11-21/h1-6,8-11,22-23H,7,12-19H2,(H,27,32)/t23-/m0/s1. The fraction of sp³-hybridized carbons (Fsp3) is 0.423. The smallest absolute Gasteiger partial charge is 0.408 e. The first-order valence-electron chi connectivity index (χ1n) is 11.7. The van der Waals surface area contributed by atoms with Gasteiger partial charge in [-0.3, -0.25) is 9.59 Å². The number of ether oxygens (including phenoxy) is 1. The third-order valence-electron chi connectivity index (χ3n) is 6.44. The Hall–Kier alpha value is -3.35. The molecule has 33 heavy (non-hydrogen) atoms. The van der Waals surface area contributed by atoms with Crippen LogP contribution >= 0.6 is 0 Å². The largest absolute Gasteiger partial charge is 0.445 e. The Balaban J connectivity index is 1.35. The fourth-order valence-corrected chi connectivity index (χ4v) is 4.24. The summed E-state index contributed by atoms with van der Waals surface area (Å²) in [7, 11) is 0. The quantitative estimate of drug-likeness (QED) is 0.705. The average Bonchev–Trinajstić information content (AvgIpc) is 2.82. The van der Waals surface area contributed by atoms with Gasteiger partial charge >= 0.3 is 6.09 Å². The molecule has 2 aromatic rings. The lowest BCUT2D eigenvalue weighted by molar-refractivity contribution is -0.144. The highest BCUT2D eigenvalue weighted by atomic mass is 16.5. The highest BCUT2D eigenvalue weighted by Gasteiger charge is 2.34. The van der Waals surface area contributed by atoms with Crippen LogP contribution in [0.4, 0.5) is 4.79 Å². The summed E-state index contributed by atoms with van der Waals surface area (Å²) in [5.41, 5.74) is 1.84. The first-order valence-corrected chi connectivity index (χ1v) is 11.7. The second kappa shape index (κ2) is 11.0. The molecule has 0 unspecified atom stereocenters. The van der Waals surface area contributed by atoms with Crippen LogP contribution in [-0.2, 0) is 27.4 Å². The number of piperazine rings is 1. The Bertz CT molecular complexity index is 939. The topological polar surface area (TPSA) is 79.0 Å². The van der Waals surface area contributed by atoms with Gasteiger partial charge in [-0.25, -0.2) is 4.79 Å². The highest BCUT2D eigenvalue weighted by molar-refractivity contribution is 5.86. The Morgan fingerprint density at radius 2 is 1.42 bits per heavy atom. The molecular weight excluding hydrogens is 418 g/mol. The molecule has 1 aliphatic carbocycles. The van der Waals surface area contributed by atoms with E-state index in [9.17, 15) is 14.4 Å². The second-order valence-electron chi connectivity index (χ2n) is 8.73. The van der Waals surface area contributed by atoms with Gasteiger partial charge in [0.25, 0.3) is 0 Å². The van der Waals surface area contributed by atoms with Crippen LogP contribution in [0.25, 0.3) is 0 Å². The number of nitrogens with zero attached hydrogens (tertiary/aromatic N) is 2. The van der Waals surface area contributed by atoms with Crippen molar-refractivity contribution in [3.63, 3.8) is 0 Å². The molecule has 2 aliphatic rings. The van der Waals surface area contributed by atoms with E-state index in [-0.39, 0.29) is 24.3 Å². The molecule has 2 fully saturated rings. The van der Waals surface area contributed by atoms with E-state index in [1.54, 1.807) is 4.90 Å². The van der Waals surface area contributed by atoms with Gasteiger partial charge in [0.15, 0.2) is 0 Å². The van der Waals surface area contributed by atoms with Crippen molar-refractivity contribution in [3.05, 3.63) is 71.8 Å². The SMILES string of the molecule is O=C(N[C@@H](Cc1ccccc1)C(=O)N1CCN(C(=O)C2CCC2)CC1)OCc1ccccc1. The Morgan fingerprint density at radius 3 is 2.00 bits per heavy atom. The van der Waals surface area contributed by atoms with Crippen molar-refractivity contribution in [1.29, 1.82) is 0 Å². The molecule has 1 heterocycles. The van der Waals surface area contributed by atoms with E-state index in [2.05, 4.69) is 5.32 Å². The van der Waals surface area contributed by atoms with E-state index in [0.717, 1.165) is 30.4 Å². The van der Waals surface area contributed by atoms with Crippen LogP contribution in [0, 0.1) is 5.92 Å². The lowest BCUT2D eigenvalue weighted by Gasteiger charge is -2.39. The summed E-state index contributed by atoms with van der Waals surface area (Å²) in [6.07, 6.45) is 2.84. The van der Waals surface area contributed by atoms with Crippen LogP contribution < -0.4 is 5.32 Å². The highest BCUT2D eigenvalue weighted by Crippen LogP contribution is 2.28. The minimum absolute atomic E-state index is 0.140. The molecule has 1 saturated heterocycles. The molecule has 0 spiro atoms. The molecule has 0 radical (unpaired) electrons. The normalized spacial score (nSPS) is 17.1. The van der Waals surface area contributed by atoms with E-state index in [1.807, 2.05) is 65.6 Å². The van der Waals surface area contributed by atoms with Crippen LogP contribution in [0.1, 0.15) is 30.4 Å². The zero-order valence-corrected chi connectivity index (χ0v) is 18.8. The summed E-state index contributed by atoms with van der Waals surface area (Å²) in [6.45, 7) is 2.17. The van der Waals surface area contributed by atoms with Gasteiger partial charge in [-0.1, -0.05) is 67.1 Å². The third-order valence-corrected chi connectivity index (χ3v) is 6.44. The van der Waals surface area contributed by atoms with Gasteiger partial charge in [-0.05, 0) is 24.0 Å². The molecule has 0 bridgehead atoms. The van der Waals surface area contributed by atoms with Crippen LogP contribution in [0.2, 0.25) is 0 Å². The van der Waals surface area contributed by atoms with Gasteiger partial charge in [-0.2, -0.15) is 0 Å². The van der Waals surface area contributed by atoms with E-state index in [4.69, 9.17) is 4.74 Å². The molecule has 1 N–H and O–H groups in total. The summed E-state index contributed by atoms with van der Waals surface area (Å²) in [5, 5.41) is 2.77. The maximum absolute atomic E-state index is 13.3. The van der Waals surface area contributed by atoms with Gasteiger partial charge in [0.05, 0.1) is 0 Å². The number of rotatable bonds is 7. The number of alkyl carbamates (subject to hydrolysis) is 1. The number of benzene rings is 2. The van der Waals surface area contributed by atoms with Crippen molar-refractivity contribution in [2.24, 2.45) is 5.92 Å². The van der Waals surface area contributed by atoms with Gasteiger partial charge < -0.3 is 19.9 Å². The number of hydrogen-bond donors (Lipinski definition) is 1. The van der Waals surface area contributed by atoms with Crippen molar-refractivity contribution >= 4 is 17.9 Å². The molecule has 1 atom stereocenters. The molecule has 174 valence electrons. The van der Waals surface area contributed by atoms with Crippen LogP contribution in [0.5, 0.6) is 0 Å². The molecule has 3 amide bonds. The van der Waals surface area contributed by atoms with Crippen molar-refractivity contribution in [1.82, 2.24) is 15.1 Å². The molecule has 0 aromatic heterocycles. The predicted octanol–water partition coefficient (Wildman–Crippen LogP) is 3.00. The number of hydrogen-bond acceptors (Lipinski definition) is 4. The predicted molar refractivity (Wildman–Crippen MR) is 124 cm³/mol. The first-order chi connectivity index (χ1) is 16.1. The number of amides is 3. The van der Waals surface area contributed by atoms with E-state index >= 15 is 0 Å². The van der Waals surface area contributed by atoms with Crippen molar-refractivity contribution in [2.75, 3.05) is 26.2 Å². The van der Waals surface area contributed by atoms with Gasteiger partial charge in [0, 0.05) is 38.5 Å². The zero-order chi connectivity index (χ0) is 23.0. The molecule has 7 heteroatoms. The van der Waals surface area contributed by atoms with Crippen molar-refractivity contribution in [2.45, 2.75) is 38.3 Å². The van der Waals surface area contributed by atoms with Gasteiger partial charge in [0.2, 0.25) is 11.8 Å². The summed E-state index contributed by atoms with van der Waals surface area (Å²) < 4.78 is 5.35. The van der Waals surface area contributed by atoms with Gasteiger partial charge in [0.1, 0.15) is 12.6 Å². The number of carbonyl (C=O) groups is 3. The Kier molecular flexibility index (Phi) is 7.60. The monoisotopic (exact) mass is 449 g/mol. The van der Waals surface area contributed by atoms with E-state index in [1.165, 1.54) is 0 Å². The fourth-order valence-electron chi connectivity index (χ4n) is 4.24. The molecule has 1 aliphatic heterocycles. The van der Waals surface area contributed by atoms with E-state index in [0.29, 0.717) is 32.6 Å². The number of carbonyl (C=O) groups excluding carboxylic acids is 3. The van der Waals surface area contributed by atoms with Crippen LogP contribution in [-0.4, -0.2) is 59.9 Å². The Labute approximate surface area is 194 Å². The minimum atomic E-state index is -0.732. The van der Waals surface area contributed by atoms with Gasteiger partial charge in [-0.15, -0.1) is 0 Å². The minimum Gasteiger partial charge on any atom is -0.445 e. The maximum atomic E-state index is 13.3. The van der Waals surface area contributed by atoms with E-state index < -0.39 is 12.1 Å². The Morgan fingerprint density at radius 1 is 0.848 bits per heavy atom. The molecule has 2 aromatic carbocycles. The zero-order valence-electron chi connectivity index (χ0n) is 18.8. The second-order valence-corrected chi connectivity index (χ2v) is 8.73. The van der Waals surface area contributed by atoms with Crippen LogP contribution in [0.15, 0.2) is 60.7 Å². The molecular formula is C26H31N3O4. The maximum Gasteiger partial charge on any atom is 0.408 e. The molecule has 4 rings (SSSR count). The van der Waals surface area contributed by atoms with Crippen molar-refractivity contribution < 1.29 is 19.1 Å². The lowest BCUT2D eigenvalue weighted by atomic mass is 9.84. The van der Waals surface area contributed by atoms with Crippen molar-refractivity contribution in [3.8, 4) is 0 Å². The summed E-state index contributed by atoms with van der Waals surface area (Å²) in [4.78, 5) is 42.0. The summed E-state index contributed by atoms with van der Waals surface area (Å²) in [6, 6.07) is 18.3. The lowest BCUT2D eigenvalue weighted by Crippen LogP contribution is -2.57. The first kappa shape index (κ1) is 22.8. The average molecular weight is 450 g/mol. The third kappa shape index (κ3) is 6.12. The summed E-state index contributed by atoms with van der Waals surface area (Å²) >= 11 is 0.